The first kappa shape index (κ1) is 17.9. The maximum absolute atomic E-state index is 13.7. The molecule has 1 N–H and O–H groups in total. The molecular weight excluding hydrogens is 355 g/mol. The van der Waals surface area contributed by atoms with Crippen LogP contribution in [0.1, 0.15) is 31.8 Å². The summed E-state index contributed by atoms with van der Waals surface area (Å²) in [5, 5.41) is 2.54. The molecule has 0 unspecified atom stereocenters. The Balaban J connectivity index is 1.45. The third-order valence-electron chi connectivity index (χ3n) is 4.93. The number of amides is 2. The SMILES string of the molecule is O=C(Nc1ccccc1F)c1ccc(C(=O)N2CCc3ccccc3C2)cc1. The zero-order valence-corrected chi connectivity index (χ0v) is 15.2. The largest absolute Gasteiger partial charge is 0.334 e. The van der Waals surface area contributed by atoms with E-state index in [0.29, 0.717) is 24.2 Å². The molecule has 0 fully saturated rings. The van der Waals surface area contributed by atoms with Gasteiger partial charge < -0.3 is 10.2 Å². The molecule has 4 nitrogen and oxygen atoms in total. The second-order valence-corrected chi connectivity index (χ2v) is 6.76. The van der Waals surface area contributed by atoms with Gasteiger partial charge in [0.05, 0.1) is 5.69 Å². The minimum atomic E-state index is -0.493. The molecule has 0 radical (unpaired) electrons. The number of hydrogen-bond acceptors (Lipinski definition) is 2. The van der Waals surface area contributed by atoms with Crippen LogP contribution in [-0.4, -0.2) is 23.3 Å². The van der Waals surface area contributed by atoms with E-state index in [0.717, 1.165) is 6.42 Å². The molecule has 1 heterocycles. The van der Waals surface area contributed by atoms with Gasteiger partial charge in [0.2, 0.25) is 0 Å². The Morgan fingerprint density at radius 3 is 2.21 bits per heavy atom. The van der Waals surface area contributed by atoms with E-state index in [9.17, 15) is 14.0 Å². The van der Waals surface area contributed by atoms with E-state index in [2.05, 4.69) is 11.4 Å². The number of rotatable bonds is 3. The molecule has 1 aliphatic rings. The average molecular weight is 374 g/mol. The summed E-state index contributed by atoms with van der Waals surface area (Å²) < 4.78 is 13.7. The van der Waals surface area contributed by atoms with Crippen LogP contribution in [0.15, 0.2) is 72.8 Å². The van der Waals surface area contributed by atoms with Crippen LogP contribution in [0.25, 0.3) is 0 Å². The standard InChI is InChI=1S/C23H19FN2O2/c24-20-7-3-4-8-21(20)25-22(27)17-9-11-18(12-10-17)23(28)26-14-13-16-5-1-2-6-19(16)15-26/h1-12H,13-15H2,(H,25,27). The van der Waals surface area contributed by atoms with Gasteiger partial charge in [0.25, 0.3) is 11.8 Å². The van der Waals surface area contributed by atoms with Crippen molar-refractivity contribution in [2.45, 2.75) is 13.0 Å². The monoisotopic (exact) mass is 374 g/mol. The quantitative estimate of drug-likeness (QED) is 0.744. The maximum Gasteiger partial charge on any atom is 0.255 e. The predicted molar refractivity (Wildman–Crippen MR) is 106 cm³/mol. The zero-order chi connectivity index (χ0) is 19.5. The van der Waals surface area contributed by atoms with Crippen LogP contribution in [0.2, 0.25) is 0 Å². The van der Waals surface area contributed by atoms with Gasteiger partial charge in [-0.25, -0.2) is 4.39 Å². The van der Waals surface area contributed by atoms with E-state index >= 15 is 0 Å². The maximum atomic E-state index is 13.7. The first-order chi connectivity index (χ1) is 13.6. The van der Waals surface area contributed by atoms with Crippen LogP contribution >= 0.6 is 0 Å². The Labute approximate surface area is 162 Å². The third-order valence-corrected chi connectivity index (χ3v) is 4.93. The van der Waals surface area contributed by atoms with Gasteiger partial charge in [-0.15, -0.1) is 0 Å². The molecule has 0 bridgehead atoms. The third kappa shape index (κ3) is 3.64. The fraction of sp³-hybridized carbons (Fsp3) is 0.130. The van der Waals surface area contributed by atoms with Crippen LogP contribution in [-0.2, 0) is 13.0 Å². The van der Waals surface area contributed by atoms with E-state index in [4.69, 9.17) is 0 Å². The summed E-state index contributed by atoms with van der Waals surface area (Å²) in [5.41, 5.74) is 3.47. The van der Waals surface area contributed by atoms with Crippen molar-refractivity contribution in [2.75, 3.05) is 11.9 Å². The summed E-state index contributed by atoms with van der Waals surface area (Å²) in [5.74, 6) is -0.973. The minimum Gasteiger partial charge on any atom is -0.334 e. The summed E-state index contributed by atoms with van der Waals surface area (Å²) in [4.78, 5) is 26.9. The lowest BCUT2D eigenvalue weighted by molar-refractivity contribution is 0.0734. The van der Waals surface area contributed by atoms with Crippen molar-refractivity contribution < 1.29 is 14.0 Å². The summed E-state index contributed by atoms with van der Waals surface area (Å²) in [6, 6.07) is 20.6. The molecule has 0 aromatic heterocycles. The van der Waals surface area contributed by atoms with E-state index in [1.807, 2.05) is 23.1 Å². The highest BCUT2D eigenvalue weighted by atomic mass is 19.1. The highest BCUT2D eigenvalue weighted by Crippen LogP contribution is 2.21. The fourth-order valence-electron chi connectivity index (χ4n) is 3.37. The van der Waals surface area contributed by atoms with E-state index in [-0.39, 0.29) is 11.6 Å². The van der Waals surface area contributed by atoms with E-state index in [1.54, 1.807) is 36.4 Å². The molecule has 5 heteroatoms. The summed E-state index contributed by atoms with van der Waals surface area (Å²) >= 11 is 0. The molecule has 3 aromatic rings. The molecule has 0 aliphatic carbocycles. The lowest BCUT2D eigenvalue weighted by Crippen LogP contribution is -2.35. The topological polar surface area (TPSA) is 49.4 Å². The van der Waals surface area contributed by atoms with Gasteiger partial charge in [0, 0.05) is 24.2 Å². The average Bonchev–Trinajstić information content (AvgIpc) is 2.74. The Bertz CT molecular complexity index is 1030. The van der Waals surface area contributed by atoms with Crippen molar-refractivity contribution in [3.8, 4) is 0 Å². The molecule has 4 rings (SSSR count). The highest BCUT2D eigenvalue weighted by molar-refractivity contribution is 6.05. The van der Waals surface area contributed by atoms with Crippen LogP contribution in [0.3, 0.4) is 0 Å². The molecule has 3 aromatic carbocycles. The second-order valence-electron chi connectivity index (χ2n) is 6.76. The molecule has 2 amide bonds. The van der Waals surface area contributed by atoms with Gasteiger partial charge in [-0.05, 0) is 53.9 Å². The molecule has 0 atom stereocenters. The van der Waals surface area contributed by atoms with Gasteiger partial charge in [-0.2, -0.15) is 0 Å². The Kier molecular flexibility index (Phi) is 4.89. The van der Waals surface area contributed by atoms with Crippen molar-refractivity contribution in [3.05, 3.63) is 101 Å². The number of halogens is 1. The Morgan fingerprint density at radius 2 is 1.46 bits per heavy atom. The molecular formula is C23H19FN2O2. The number of nitrogens with zero attached hydrogens (tertiary/aromatic N) is 1. The molecule has 0 spiro atoms. The summed E-state index contributed by atoms with van der Waals surface area (Å²) in [6.07, 6.45) is 0.838. The summed E-state index contributed by atoms with van der Waals surface area (Å²) in [6.45, 7) is 1.26. The first-order valence-electron chi connectivity index (χ1n) is 9.14. The Hall–Kier alpha value is -3.47. The number of benzene rings is 3. The highest BCUT2D eigenvalue weighted by Gasteiger charge is 2.21. The van der Waals surface area contributed by atoms with E-state index in [1.165, 1.54) is 23.3 Å². The van der Waals surface area contributed by atoms with Crippen molar-refractivity contribution in [3.63, 3.8) is 0 Å². The van der Waals surface area contributed by atoms with E-state index < -0.39 is 11.7 Å². The lowest BCUT2D eigenvalue weighted by Gasteiger charge is -2.29. The number of para-hydroxylation sites is 1. The number of carbonyl (C=O) groups is 2. The zero-order valence-electron chi connectivity index (χ0n) is 15.2. The van der Waals surface area contributed by atoms with Gasteiger partial charge in [0.15, 0.2) is 0 Å². The van der Waals surface area contributed by atoms with Crippen LogP contribution in [0.5, 0.6) is 0 Å². The first-order valence-corrected chi connectivity index (χ1v) is 9.14. The second kappa shape index (κ2) is 7.64. The summed E-state index contributed by atoms with van der Waals surface area (Å²) in [7, 11) is 0. The number of hydrogen-bond donors (Lipinski definition) is 1. The molecule has 0 saturated heterocycles. The molecule has 28 heavy (non-hydrogen) atoms. The minimum absolute atomic E-state index is 0.0597. The lowest BCUT2D eigenvalue weighted by atomic mass is 9.99. The van der Waals surface area contributed by atoms with Crippen molar-refractivity contribution in [2.24, 2.45) is 0 Å². The number of nitrogens with one attached hydrogen (secondary N) is 1. The number of carbonyl (C=O) groups excluding carboxylic acids is 2. The molecule has 0 saturated carbocycles. The van der Waals surface area contributed by atoms with Crippen molar-refractivity contribution in [1.82, 2.24) is 4.90 Å². The van der Waals surface area contributed by atoms with Gasteiger partial charge in [0.1, 0.15) is 5.82 Å². The fourth-order valence-corrected chi connectivity index (χ4v) is 3.37. The molecule has 1 aliphatic heterocycles. The van der Waals surface area contributed by atoms with Crippen molar-refractivity contribution >= 4 is 17.5 Å². The molecule has 140 valence electrons. The van der Waals surface area contributed by atoms with Crippen LogP contribution in [0.4, 0.5) is 10.1 Å². The van der Waals surface area contributed by atoms with Crippen LogP contribution < -0.4 is 5.32 Å². The van der Waals surface area contributed by atoms with Crippen LogP contribution in [0, 0.1) is 5.82 Å². The Morgan fingerprint density at radius 1 is 0.821 bits per heavy atom. The van der Waals surface area contributed by atoms with Gasteiger partial charge >= 0.3 is 0 Å². The van der Waals surface area contributed by atoms with Crippen molar-refractivity contribution in [1.29, 1.82) is 0 Å². The van der Waals surface area contributed by atoms with Gasteiger partial charge in [-0.3, -0.25) is 9.59 Å². The number of fused-ring (bicyclic) bond motifs is 1. The predicted octanol–water partition coefficient (Wildman–Crippen LogP) is 4.28. The smallest absolute Gasteiger partial charge is 0.255 e. The normalized spacial score (nSPS) is 13.0. The van der Waals surface area contributed by atoms with Gasteiger partial charge in [-0.1, -0.05) is 36.4 Å². The number of anilines is 1.